The molecule has 0 saturated carbocycles. The van der Waals surface area contributed by atoms with Gasteiger partial charge in [0, 0.05) is 48.9 Å². The SMILES string of the molecule is Cc1c(N2CCc3ncc(N4CCOC[C@@H]4C)cc3C2)nn2c(C(F)(F)F)nnc2c1C. The van der Waals surface area contributed by atoms with Crippen molar-refractivity contribution in [1.82, 2.24) is 24.8 Å². The molecule has 11 heteroatoms. The first-order chi connectivity index (χ1) is 15.2. The predicted molar refractivity (Wildman–Crippen MR) is 112 cm³/mol. The molecular weight excluding hydrogens is 423 g/mol. The van der Waals surface area contributed by atoms with Crippen LogP contribution in [0.3, 0.4) is 0 Å². The molecule has 5 heterocycles. The molecule has 0 unspecified atom stereocenters. The number of halogens is 3. The zero-order valence-electron chi connectivity index (χ0n) is 18.1. The van der Waals surface area contributed by atoms with Gasteiger partial charge >= 0.3 is 6.18 Å². The summed E-state index contributed by atoms with van der Waals surface area (Å²) in [4.78, 5) is 8.97. The molecule has 3 aromatic rings. The topological polar surface area (TPSA) is 71.7 Å². The molecule has 0 radical (unpaired) electrons. The van der Waals surface area contributed by atoms with Crippen molar-refractivity contribution < 1.29 is 17.9 Å². The summed E-state index contributed by atoms with van der Waals surface area (Å²) in [5.41, 5.74) is 4.68. The Hall–Kier alpha value is -2.95. The molecule has 1 saturated heterocycles. The Labute approximate surface area is 183 Å². The Balaban J connectivity index is 1.51. The van der Waals surface area contributed by atoms with Crippen LogP contribution in [0.5, 0.6) is 0 Å². The summed E-state index contributed by atoms with van der Waals surface area (Å²) in [7, 11) is 0. The highest BCUT2D eigenvalue weighted by atomic mass is 19.4. The van der Waals surface area contributed by atoms with E-state index in [1.807, 2.05) is 18.0 Å². The van der Waals surface area contributed by atoms with Gasteiger partial charge in [-0.2, -0.15) is 17.7 Å². The second kappa shape index (κ2) is 7.58. The lowest BCUT2D eigenvalue weighted by atomic mass is 10.0. The lowest BCUT2D eigenvalue weighted by molar-refractivity contribution is -0.146. The van der Waals surface area contributed by atoms with Crippen LogP contribution in [-0.4, -0.2) is 57.1 Å². The van der Waals surface area contributed by atoms with Crippen molar-refractivity contribution in [1.29, 1.82) is 0 Å². The summed E-state index contributed by atoms with van der Waals surface area (Å²) in [5, 5.41) is 11.4. The van der Waals surface area contributed by atoms with E-state index in [-0.39, 0.29) is 11.7 Å². The average Bonchev–Trinajstić information content (AvgIpc) is 3.20. The minimum Gasteiger partial charge on any atom is -0.377 e. The molecular formula is C21H24F3N7O. The monoisotopic (exact) mass is 447 g/mol. The Morgan fingerprint density at radius 2 is 1.94 bits per heavy atom. The van der Waals surface area contributed by atoms with Crippen molar-refractivity contribution in [3.8, 4) is 0 Å². The first kappa shape index (κ1) is 20.9. The van der Waals surface area contributed by atoms with Crippen molar-refractivity contribution >= 4 is 17.2 Å². The van der Waals surface area contributed by atoms with Gasteiger partial charge in [-0.3, -0.25) is 4.98 Å². The maximum atomic E-state index is 13.4. The van der Waals surface area contributed by atoms with Crippen molar-refractivity contribution in [2.24, 2.45) is 0 Å². The van der Waals surface area contributed by atoms with Crippen molar-refractivity contribution in [2.75, 3.05) is 36.1 Å². The number of anilines is 2. The van der Waals surface area contributed by atoms with E-state index in [1.165, 1.54) is 0 Å². The minimum atomic E-state index is -4.63. The molecule has 0 amide bonds. The molecule has 32 heavy (non-hydrogen) atoms. The van der Waals surface area contributed by atoms with Crippen LogP contribution in [0.2, 0.25) is 0 Å². The highest BCUT2D eigenvalue weighted by molar-refractivity contribution is 5.60. The summed E-state index contributed by atoms with van der Waals surface area (Å²) < 4.78 is 46.6. The van der Waals surface area contributed by atoms with Crippen LogP contribution in [0.25, 0.3) is 5.65 Å². The number of hydrogen-bond acceptors (Lipinski definition) is 7. The summed E-state index contributed by atoms with van der Waals surface area (Å²) in [5.74, 6) is -0.601. The van der Waals surface area contributed by atoms with Crippen LogP contribution in [-0.2, 0) is 23.9 Å². The normalized spacial score (nSPS) is 19.5. The number of hydrogen-bond donors (Lipinski definition) is 0. The molecule has 170 valence electrons. The van der Waals surface area contributed by atoms with E-state index in [9.17, 15) is 13.2 Å². The molecule has 0 bridgehead atoms. The molecule has 2 aliphatic heterocycles. The molecule has 5 rings (SSSR count). The smallest absolute Gasteiger partial charge is 0.377 e. The molecule has 2 aliphatic rings. The van der Waals surface area contributed by atoms with E-state index in [0.29, 0.717) is 44.1 Å². The number of nitrogens with zero attached hydrogens (tertiary/aromatic N) is 7. The quantitative estimate of drug-likeness (QED) is 0.598. The van der Waals surface area contributed by atoms with Crippen molar-refractivity contribution in [2.45, 2.75) is 46.0 Å². The third-order valence-electron chi connectivity index (χ3n) is 6.35. The van der Waals surface area contributed by atoms with Gasteiger partial charge in [-0.15, -0.1) is 15.3 Å². The van der Waals surface area contributed by atoms with Gasteiger partial charge in [0.25, 0.3) is 5.82 Å². The zero-order chi connectivity index (χ0) is 22.6. The first-order valence-corrected chi connectivity index (χ1v) is 10.6. The van der Waals surface area contributed by atoms with Gasteiger partial charge in [0.15, 0.2) is 11.5 Å². The third-order valence-corrected chi connectivity index (χ3v) is 6.35. The van der Waals surface area contributed by atoms with Crippen molar-refractivity contribution in [3.63, 3.8) is 0 Å². The number of aryl methyl sites for hydroxylation is 1. The molecule has 0 spiro atoms. The number of aromatic nitrogens is 5. The average molecular weight is 447 g/mol. The second-order valence-electron chi connectivity index (χ2n) is 8.42. The summed E-state index contributed by atoms with van der Waals surface area (Å²) in [6, 6.07) is 2.39. The standard InChI is InChI=1S/C21H24F3N7O/c1-12-11-32-7-6-30(12)16-8-15-10-29(5-4-17(15)25-9-16)19-14(3)13(2)18-26-27-20(21(22,23)24)31(18)28-19/h8-9,12H,4-7,10-11H2,1-3H3/t12-/m0/s1. The molecule has 1 atom stereocenters. The van der Waals surface area contributed by atoms with Gasteiger partial charge in [-0.1, -0.05) is 0 Å². The third kappa shape index (κ3) is 3.44. The van der Waals surface area contributed by atoms with Crippen LogP contribution in [0.4, 0.5) is 24.7 Å². The van der Waals surface area contributed by atoms with Gasteiger partial charge in [0.1, 0.15) is 0 Å². The van der Waals surface area contributed by atoms with E-state index < -0.39 is 12.0 Å². The van der Waals surface area contributed by atoms with Crippen LogP contribution in [0.1, 0.15) is 35.1 Å². The van der Waals surface area contributed by atoms with E-state index >= 15 is 0 Å². The minimum absolute atomic E-state index is 0.126. The lowest BCUT2D eigenvalue weighted by Crippen LogP contribution is -2.44. The van der Waals surface area contributed by atoms with Crippen LogP contribution in [0, 0.1) is 13.8 Å². The summed E-state index contributed by atoms with van der Waals surface area (Å²) in [6.07, 6.45) is -2.03. The first-order valence-electron chi connectivity index (χ1n) is 10.6. The van der Waals surface area contributed by atoms with Gasteiger partial charge in [-0.05, 0) is 32.4 Å². The molecule has 3 aromatic heterocycles. The van der Waals surface area contributed by atoms with Crippen LogP contribution in [0.15, 0.2) is 12.3 Å². The van der Waals surface area contributed by atoms with E-state index in [1.54, 1.807) is 6.92 Å². The molecule has 0 N–H and O–H groups in total. The maximum Gasteiger partial charge on any atom is 0.453 e. The highest BCUT2D eigenvalue weighted by Crippen LogP contribution is 2.33. The summed E-state index contributed by atoms with van der Waals surface area (Å²) in [6.45, 7) is 9.03. The van der Waals surface area contributed by atoms with Gasteiger partial charge < -0.3 is 14.5 Å². The fraction of sp³-hybridized carbons (Fsp3) is 0.524. The molecule has 8 nitrogen and oxygen atoms in total. The summed E-state index contributed by atoms with van der Waals surface area (Å²) >= 11 is 0. The fourth-order valence-corrected chi connectivity index (χ4v) is 4.45. The Morgan fingerprint density at radius 3 is 2.69 bits per heavy atom. The van der Waals surface area contributed by atoms with Crippen LogP contribution < -0.4 is 9.80 Å². The Morgan fingerprint density at radius 1 is 1.12 bits per heavy atom. The van der Waals surface area contributed by atoms with E-state index in [2.05, 4.69) is 38.2 Å². The fourth-order valence-electron chi connectivity index (χ4n) is 4.45. The second-order valence-corrected chi connectivity index (χ2v) is 8.42. The largest absolute Gasteiger partial charge is 0.453 e. The number of morpholine rings is 1. The highest BCUT2D eigenvalue weighted by Gasteiger charge is 2.38. The van der Waals surface area contributed by atoms with Crippen molar-refractivity contribution in [3.05, 3.63) is 40.5 Å². The van der Waals surface area contributed by atoms with Gasteiger partial charge in [0.2, 0.25) is 0 Å². The molecule has 0 aliphatic carbocycles. The number of pyridine rings is 1. The number of fused-ring (bicyclic) bond motifs is 2. The van der Waals surface area contributed by atoms with Crippen LogP contribution >= 0.6 is 0 Å². The maximum absolute atomic E-state index is 13.4. The predicted octanol–water partition coefficient (Wildman–Crippen LogP) is 2.94. The van der Waals surface area contributed by atoms with Gasteiger partial charge in [-0.25, -0.2) is 0 Å². The number of rotatable bonds is 2. The number of alkyl halides is 3. The van der Waals surface area contributed by atoms with Gasteiger partial charge in [0.05, 0.1) is 25.1 Å². The zero-order valence-corrected chi connectivity index (χ0v) is 18.1. The molecule has 0 aromatic carbocycles. The Bertz CT molecular complexity index is 1180. The van der Waals surface area contributed by atoms with E-state index in [0.717, 1.165) is 33.6 Å². The number of ether oxygens (including phenoxy) is 1. The molecule has 1 fully saturated rings. The Kier molecular flexibility index (Phi) is 4.95. The lowest BCUT2D eigenvalue weighted by Gasteiger charge is -2.36. The van der Waals surface area contributed by atoms with E-state index in [4.69, 9.17) is 4.74 Å².